The van der Waals surface area contributed by atoms with Crippen molar-refractivity contribution < 1.29 is 4.79 Å². The number of amides is 1. The summed E-state index contributed by atoms with van der Waals surface area (Å²) in [5.74, 6) is 0.0852. The van der Waals surface area contributed by atoms with Crippen LogP contribution in [0.2, 0.25) is 0 Å². The molecule has 4 heteroatoms. The van der Waals surface area contributed by atoms with Crippen molar-refractivity contribution in [3.05, 3.63) is 11.4 Å². The van der Waals surface area contributed by atoms with Crippen LogP contribution in [-0.4, -0.2) is 16.1 Å². The summed E-state index contributed by atoms with van der Waals surface area (Å²) in [4.78, 5) is 10.9. The van der Waals surface area contributed by atoms with Gasteiger partial charge < -0.3 is 5.32 Å². The predicted octanol–water partition coefficient (Wildman–Crippen LogP) is 0.603. The molecule has 0 saturated carbocycles. The number of aromatic nitrogens is 2. The lowest BCUT2D eigenvalue weighted by molar-refractivity contribution is -0.116. The lowest BCUT2D eigenvalue weighted by Crippen LogP contribution is -2.18. The molecule has 0 spiro atoms. The van der Waals surface area contributed by atoms with Crippen molar-refractivity contribution in [2.24, 2.45) is 0 Å². The first-order chi connectivity index (χ1) is 5.27. The maximum absolute atomic E-state index is 10.9. The van der Waals surface area contributed by atoms with Gasteiger partial charge in [-0.05, 0) is 6.92 Å². The van der Waals surface area contributed by atoms with Crippen LogP contribution >= 0.6 is 0 Å². The Balaban J connectivity index is 2.45. The van der Waals surface area contributed by atoms with E-state index >= 15 is 0 Å². The highest BCUT2D eigenvalue weighted by atomic mass is 16.1. The van der Waals surface area contributed by atoms with Crippen molar-refractivity contribution in [3.63, 3.8) is 0 Å². The third-order valence-corrected chi connectivity index (χ3v) is 1.88. The van der Waals surface area contributed by atoms with Gasteiger partial charge in [-0.15, -0.1) is 0 Å². The van der Waals surface area contributed by atoms with Gasteiger partial charge in [0.1, 0.15) is 0 Å². The summed E-state index contributed by atoms with van der Waals surface area (Å²) < 4.78 is 0. The summed E-state index contributed by atoms with van der Waals surface area (Å²) in [7, 11) is 0. The second-order valence-electron chi connectivity index (χ2n) is 2.72. The highest BCUT2D eigenvalue weighted by molar-refractivity contribution is 5.94. The van der Waals surface area contributed by atoms with Crippen molar-refractivity contribution >= 4 is 11.6 Å². The molecular formula is C7H9N3O. The van der Waals surface area contributed by atoms with Gasteiger partial charge in [0.05, 0.1) is 17.1 Å². The van der Waals surface area contributed by atoms with Crippen LogP contribution in [0.1, 0.15) is 17.8 Å². The van der Waals surface area contributed by atoms with Crippen LogP contribution in [0.15, 0.2) is 0 Å². The number of nitrogens with one attached hydrogen (secondary N) is 2. The van der Waals surface area contributed by atoms with Gasteiger partial charge in [-0.1, -0.05) is 0 Å². The molecule has 1 amide bonds. The fourth-order valence-electron chi connectivity index (χ4n) is 1.26. The molecule has 0 fully saturated rings. The highest BCUT2D eigenvalue weighted by Gasteiger charge is 2.18. The van der Waals surface area contributed by atoms with Gasteiger partial charge in [-0.3, -0.25) is 9.89 Å². The van der Waals surface area contributed by atoms with E-state index in [1.54, 1.807) is 0 Å². The maximum atomic E-state index is 10.9. The second kappa shape index (κ2) is 2.08. The maximum Gasteiger partial charge on any atom is 0.224 e. The lowest BCUT2D eigenvalue weighted by Gasteiger charge is -2.10. The SMILES string of the molecule is Cc1[nH]nc2c1NC(=O)CC2. The molecule has 0 aromatic carbocycles. The minimum Gasteiger partial charge on any atom is -0.323 e. The van der Waals surface area contributed by atoms with Crippen LogP contribution in [0.25, 0.3) is 0 Å². The number of rotatable bonds is 0. The predicted molar refractivity (Wildman–Crippen MR) is 40.3 cm³/mol. The molecule has 1 aromatic heterocycles. The zero-order valence-corrected chi connectivity index (χ0v) is 6.27. The van der Waals surface area contributed by atoms with Crippen LogP contribution < -0.4 is 5.32 Å². The number of fused-ring (bicyclic) bond motifs is 1. The number of aryl methyl sites for hydroxylation is 2. The lowest BCUT2D eigenvalue weighted by atomic mass is 10.1. The largest absolute Gasteiger partial charge is 0.323 e. The first-order valence-electron chi connectivity index (χ1n) is 3.61. The third kappa shape index (κ3) is 0.906. The van der Waals surface area contributed by atoms with Gasteiger partial charge in [0.2, 0.25) is 5.91 Å². The molecule has 0 radical (unpaired) electrons. The fraction of sp³-hybridized carbons (Fsp3) is 0.429. The third-order valence-electron chi connectivity index (χ3n) is 1.88. The minimum absolute atomic E-state index is 0.0852. The van der Waals surface area contributed by atoms with E-state index in [2.05, 4.69) is 15.5 Å². The van der Waals surface area contributed by atoms with Gasteiger partial charge in [-0.2, -0.15) is 5.10 Å². The van der Waals surface area contributed by atoms with Crippen LogP contribution in [0.5, 0.6) is 0 Å². The molecule has 1 aliphatic heterocycles. The summed E-state index contributed by atoms with van der Waals surface area (Å²) in [5, 5.41) is 9.66. The van der Waals surface area contributed by atoms with Gasteiger partial charge in [-0.25, -0.2) is 0 Å². The Morgan fingerprint density at radius 2 is 2.27 bits per heavy atom. The molecule has 0 unspecified atom stereocenters. The van der Waals surface area contributed by atoms with E-state index in [0.717, 1.165) is 23.5 Å². The van der Waals surface area contributed by atoms with Crippen molar-refractivity contribution in [1.82, 2.24) is 10.2 Å². The standard InChI is InChI=1S/C7H9N3O/c1-4-7-5(10-9-4)2-3-6(11)8-7/h2-3H2,1H3,(H,8,11)(H,9,10). The van der Waals surface area contributed by atoms with E-state index in [-0.39, 0.29) is 5.91 Å². The molecule has 4 nitrogen and oxygen atoms in total. The first-order valence-corrected chi connectivity index (χ1v) is 3.61. The average Bonchev–Trinajstić information content (AvgIpc) is 2.33. The van der Waals surface area contributed by atoms with E-state index in [0.29, 0.717) is 6.42 Å². The van der Waals surface area contributed by atoms with Gasteiger partial charge in [0, 0.05) is 12.8 Å². The van der Waals surface area contributed by atoms with Gasteiger partial charge >= 0.3 is 0 Å². The second-order valence-corrected chi connectivity index (χ2v) is 2.72. The van der Waals surface area contributed by atoms with Crippen LogP contribution in [-0.2, 0) is 11.2 Å². The summed E-state index contributed by atoms with van der Waals surface area (Å²) in [6.07, 6.45) is 1.31. The summed E-state index contributed by atoms with van der Waals surface area (Å²) in [6.45, 7) is 1.90. The number of aromatic amines is 1. The normalized spacial score (nSPS) is 15.9. The molecule has 1 aromatic rings. The monoisotopic (exact) mass is 151 g/mol. The first kappa shape index (κ1) is 6.39. The number of hydrogen-bond donors (Lipinski definition) is 2. The Hall–Kier alpha value is -1.32. The number of anilines is 1. The van der Waals surface area contributed by atoms with E-state index in [9.17, 15) is 4.79 Å². The van der Waals surface area contributed by atoms with E-state index < -0.39 is 0 Å². The zero-order chi connectivity index (χ0) is 7.84. The Morgan fingerprint density at radius 1 is 1.45 bits per heavy atom. The molecule has 0 bridgehead atoms. The molecule has 0 saturated heterocycles. The smallest absolute Gasteiger partial charge is 0.224 e. The van der Waals surface area contributed by atoms with E-state index in [4.69, 9.17) is 0 Å². The van der Waals surface area contributed by atoms with E-state index in [1.165, 1.54) is 0 Å². The summed E-state index contributed by atoms with van der Waals surface area (Å²) in [5.41, 5.74) is 2.79. The van der Waals surface area contributed by atoms with Crippen LogP contribution in [0.4, 0.5) is 5.69 Å². The summed E-state index contributed by atoms with van der Waals surface area (Å²) in [6, 6.07) is 0. The van der Waals surface area contributed by atoms with Crippen LogP contribution in [0, 0.1) is 6.92 Å². The number of hydrogen-bond acceptors (Lipinski definition) is 2. The van der Waals surface area contributed by atoms with E-state index in [1.807, 2.05) is 6.92 Å². The van der Waals surface area contributed by atoms with Gasteiger partial charge in [0.15, 0.2) is 0 Å². The Kier molecular flexibility index (Phi) is 1.21. The molecule has 0 atom stereocenters. The Bertz CT molecular complexity index is 303. The van der Waals surface area contributed by atoms with Gasteiger partial charge in [0.25, 0.3) is 0 Å². The van der Waals surface area contributed by atoms with Crippen molar-refractivity contribution in [3.8, 4) is 0 Å². The molecule has 0 aliphatic carbocycles. The fourth-order valence-corrected chi connectivity index (χ4v) is 1.26. The Labute approximate surface area is 64.0 Å². The average molecular weight is 151 g/mol. The zero-order valence-electron chi connectivity index (χ0n) is 6.27. The van der Waals surface area contributed by atoms with Crippen LogP contribution in [0.3, 0.4) is 0 Å². The number of carbonyl (C=O) groups excluding carboxylic acids is 1. The highest BCUT2D eigenvalue weighted by Crippen LogP contribution is 2.22. The molecule has 2 N–H and O–H groups in total. The number of nitrogens with zero attached hydrogens (tertiary/aromatic N) is 1. The van der Waals surface area contributed by atoms with Crippen molar-refractivity contribution in [2.45, 2.75) is 19.8 Å². The Morgan fingerprint density at radius 3 is 3.09 bits per heavy atom. The molecule has 2 rings (SSSR count). The molecule has 11 heavy (non-hydrogen) atoms. The molecule has 58 valence electrons. The quantitative estimate of drug-likeness (QED) is 0.570. The van der Waals surface area contributed by atoms with Crippen molar-refractivity contribution in [2.75, 3.05) is 5.32 Å². The number of carbonyl (C=O) groups is 1. The molecule has 2 heterocycles. The summed E-state index contributed by atoms with van der Waals surface area (Å²) >= 11 is 0. The van der Waals surface area contributed by atoms with Crippen molar-refractivity contribution in [1.29, 1.82) is 0 Å². The topological polar surface area (TPSA) is 57.8 Å². The number of H-pyrrole nitrogens is 1. The molecular weight excluding hydrogens is 142 g/mol. The molecule has 1 aliphatic rings. The minimum atomic E-state index is 0.0852.